The maximum atomic E-state index is 12.8. The van der Waals surface area contributed by atoms with Gasteiger partial charge in [0.05, 0.1) is 16.5 Å². The average Bonchev–Trinajstić information content (AvgIpc) is 3.70. The van der Waals surface area contributed by atoms with Gasteiger partial charge in [0, 0.05) is 47.2 Å². The molecule has 1 saturated carbocycles. The van der Waals surface area contributed by atoms with E-state index in [0.29, 0.717) is 30.3 Å². The summed E-state index contributed by atoms with van der Waals surface area (Å²) in [6.07, 6.45) is 6.83. The number of ether oxygens (including phenoxy) is 2. The van der Waals surface area contributed by atoms with Crippen molar-refractivity contribution >= 4 is 28.5 Å². The van der Waals surface area contributed by atoms with Crippen LogP contribution in [0, 0.1) is 0 Å². The fraction of sp³-hybridized carbons (Fsp3) is 0.382. The van der Waals surface area contributed by atoms with Crippen molar-refractivity contribution in [1.82, 2.24) is 15.3 Å². The summed E-state index contributed by atoms with van der Waals surface area (Å²) in [5.74, 6) is 0.566. The highest BCUT2D eigenvalue weighted by Crippen LogP contribution is 2.52. The van der Waals surface area contributed by atoms with E-state index < -0.39 is 17.5 Å². The number of benzene rings is 2. The van der Waals surface area contributed by atoms with Crippen molar-refractivity contribution < 1.29 is 29.3 Å². The fourth-order valence-electron chi connectivity index (χ4n) is 6.33. The molecule has 0 saturated heterocycles. The maximum absolute atomic E-state index is 12.8. The summed E-state index contributed by atoms with van der Waals surface area (Å²) in [7, 11) is 0. The third-order valence-electron chi connectivity index (χ3n) is 8.49. The van der Waals surface area contributed by atoms with Crippen LogP contribution in [0.3, 0.4) is 0 Å². The standard InChI is InChI=1S/C33H36N4O6.CH4/c1-32(2,15-21-17-35-29-23(21)7-5-10-26(29)43-27-12-11-20(16-34-27)30(39)40)36-18-22(38)19-42-25-9-6-8-24-28(25)33(31(41)37-24)13-3-4-14-33;/h5-12,16-17,22,35-36,38H,3-4,13-15,18-19H2,1-2H3,(H,37,41)(H,39,40);1H4/t22-;/m0./s1. The lowest BCUT2D eigenvalue weighted by molar-refractivity contribution is -0.120. The molecular weight excluding hydrogens is 560 g/mol. The number of pyridine rings is 1. The lowest BCUT2D eigenvalue weighted by atomic mass is 9.79. The number of fused-ring (bicyclic) bond motifs is 3. The molecule has 2 aromatic carbocycles. The molecule has 44 heavy (non-hydrogen) atoms. The number of aliphatic hydroxyl groups excluding tert-OH is 1. The van der Waals surface area contributed by atoms with Crippen molar-refractivity contribution in [3.8, 4) is 17.4 Å². The van der Waals surface area contributed by atoms with E-state index in [0.717, 1.165) is 53.4 Å². The third-order valence-corrected chi connectivity index (χ3v) is 8.49. The molecule has 4 aromatic rings. The SMILES string of the molecule is C.CC(C)(Cc1c[nH]c2c(Oc3ccc(C(=O)O)cn3)cccc12)NC[C@H](O)COc1cccc2c1C1(CCCC1)C(=O)N2. The van der Waals surface area contributed by atoms with E-state index in [-0.39, 0.29) is 31.0 Å². The summed E-state index contributed by atoms with van der Waals surface area (Å²) in [5, 5.41) is 27.4. The van der Waals surface area contributed by atoms with Crippen LogP contribution in [0.4, 0.5) is 5.69 Å². The molecular formula is C34H40N4O6. The van der Waals surface area contributed by atoms with E-state index in [2.05, 4.69) is 34.4 Å². The van der Waals surface area contributed by atoms with E-state index in [9.17, 15) is 14.7 Å². The second-order valence-electron chi connectivity index (χ2n) is 12.1. The third kappa shape index (κ3) is 6.00. The highest BCUT2D eigenvalue weighted by Gasteiger charge is 2.50. The zero-order chi connectivity index (χ0) is 30.2. The van der Waals surface area contributed by atoms with Gasteiger partial charge in [0.15, 0.2) is 5.75 Å². The largest absolute Gasteiger partial charge is 0.490 e. The van der Waals surface area contributed by atoms with E-state index in [1.165, 1.54) is 18.3 Å². The second-order valence-corrected chi connectivity index (χ2v) is 12.1. The summed E-state index contributed by atoms with van der Waals surface area (Å²) in [5.41, 5.74) is 2.88. The Morgan fingerprint density at radius 2 is 1.86 bits per heavy atom. The van der Waals surface area contributed by atoms with Gasteiger partial charge in [-0.2, -0.15) is 0 Å². The molecule has 0 bridgehead atoms. The molecule has 0 radical (unpaired) electrons. The van der Waals surface area contributed by atoms with E-state index in [1.807, 2.05) is 42.6 Å². The molecule has 1 fully saturated rings. The van der Waals surface area contributed by atoms with Crippen LogP contribution < -0.4 is 20.1 Å². The van der Waals surface area contributed by atoms with E-state index >= 15 is 0 Å². The van der Waals surface area contributed by atoms with Crippen LogP contribution in [-0.4, -0.2) is 56.9 Å². The van der Waals surface area contributed by atoms with Gasteiger partial charge in [-0.15, -0.1) is 0 Å². The molecule has 10 nitrogen and oxygen atoms in total. The summed E-state index contributed by atoms with van der Waals surface area (Å²) in [6.45, 7) is 4.61. The van der Waals surface area contributed by atoms with Crippen molar-refractivity contribution in [2.24, 2.45) is 0 Å². The van der Waals surface area contributed by atoms with Crippen LogP contribution in [0.5, 0.6) is 17.4 Å². The number of rotatable bonds is 11. The van der Waals surface area contributed by atoms with Crippen molar-refractivity contribution in [2.45, 2.75) is 70.4 Å². The number of aliphatic hydroxyl groups is 1. The molecule has 6 rings (SSSR count). The highest BCUT2D eigenvalue weighted by atomic mass is 16.5. The topological polar surface area (TPSA) is 146 Å². The molecule has 3 heterocycles. The number of β-amino-alcohol motifs (C(OH)–C–C–N with tert-alkyl or cyclic N) is 1. The Morgan fingerprint density at radius 3 is 2.59 bits per heavy atom. The number of nitrogens with zero attached hydrogens (tertiary/aromatic N) is 1. The van der Waals surface area contributed by atoms with Crippen LogP contribution in [0.1, 0.15) is 68.4 Å². The lowest BCUT2D eigenvalue weighted by Gasteiger charge is -2.28. The second kappa shape index (κ2) is 12.3. The average molecular weight is 601 g/mol. The van der Waals surface area contributed by atoms with Gasteiger partial charge >= 0.3 is 5.97 Å². The number of hydrogen-bond acceptors (Lipinski definition) is 7. The van der Waals surface area contributed by atoms with E-state index in [4.69, 9.17) is 14.6 Å². The molecule has 2 aromatic heterocycles. The summed E-state index contributed by atoms with van der Waals surface area (Å²) < 4.78 is 12.1. The van der Waals surface area contributed by atoms with Crippen LogP contribution in [0.15, 0.2) is 60.9 Å². The Balaban J connectivity index is 0.00000384. The molecule has 1 spiro atoms. The summed E-state index contributed by atoms with van der Waals surface area (Å²) >= 11 is 0. The molecule has 2 aliphatic rings. The first-order valence-corrected chi connectivity index (χ1v) is 14.6. The normalized spacial score (nSPS) is 15.9. The number of anilines is 1. The Bertz CT molecular complexity index is 1660. The number of nitrogens with one attached hydrogen (secondary N) is 3. The van der Waals surface area contributed by atoms with Crippen LogP contribution in [0.25, 0.3) is 10.9 Å². The lowest BCUT2D eigenvalue weighted by Crippen LogP contribution is -2.46. The molecule has 1 atom stereocenters. The number of carboxylic acids is 1. The Kier molecular flexibility index (Phi) is 8.67. The van der Waals surface area contributed by atoms with Crippen LogP contribution >= 0.6 is 0 Å². The number of H-pyrrole nitrogens is 1. The zero-order valence-corrected chi connectivity index (χ0v) is 24.3. The van der Waals surface area contributed by atoms with Gasteiger partial charge in [0.2, 0.25) is 11.8 Å². The highest BCUT2D eigenvalue weighted by molar-refractivity contribution is 6.07. The molecule has 1 aliphatic carbocycles. The molecule has 1 aliphatic heterocycles. The van der Waals surface area contributed by atoms with Crippen molar-refractivity contribution in [1.29, 1.82) is 0 Å². The molecule has 5 N–H and O–H groups in total. The number of amides is 1. The zero-order valence-electron chi connectivity index (χ0n) is 24.3. The monoisotopic (exact) mass is 600 g/mol. The van der Waals surface area contributed by atoms with Crippen molar-refractivity contribution in [2.75, 3.05) is 18.5 Å². The molecule has 0 unspecified atom stereocenters. The molecule has 10 heteroatoms. The number of hydrogen-bond donors (Lipinski definition) is 5. The number of aromatic nitrogens is 2. The number of carboxylic acid groups (broad SMARTS) is 1. The minimum Gasteiger partial charge on any atom is -0.490 e. The maximum Gasteiger partial charge on any atom is 0.337 e. The number of carbonyl (C=O) groups excluding carboxylic acids is 1. The van der Waals surface area contributed by atoms with Gasteiger partial charge in [-0.25, -0.2) is 9.78 Å². The Morgan fingerprint density at radius 1 is 1.11 bits per heavy atom. The first kappa shape index (κ1) is 31.0. The van der Waals surface area contributed by atoms with Crippen molar-refractivity contribution in [3.05, 3.63) is 77.6 Å². The predicted molar refractivity (Wildman–Crippen MR) is 169 cm³/mol. The Labute approximate surface area is 256 Å². The van der Waals surface area contributed by atoms with Gasteiger partial charge in [0.1, 0.15) is 18.5 Å². The number of carbonyl (C=O) groups is 2. The van der Waals surface area contributed by atoms with Gasteiger partial charge < -0.3 is 35.3 Å². The van der Waals surface area contributed by atoms with Crippen molar-refractivity contribution in [3.63, 3.8) is 0 Å². The summed E-state index contributed by atoms with van der Waals surface area (Å²) in [6, 6.07) is 14.4. The fourth-order valence-corrected chi connectivity index (χ4v) is 6.33. The smallest absolute Gasteiger partial charge is 0.337 e. The Hall–Kier alpha value is -4.41. The number of aromatic carboxylic acids is 1. The molecule has 1 amide bonds. The minimum absolute atomic E-state index is 0. The first-order chi connectivity index (χ1) is 20.6. The summed E-state index contributed by atoms with van der Waals surface area (Å²) in [4.78, 5) is 31.4. The van der Waals surface area contributed by atoms with Gasteiger partial charge in [-0.3, -0.25) is 4.79 Å². The molecule has 232 valence electrons. The van der Waals surface area contributed by atoms with E-state index in [1.54, 1.807) is 0 Å². The predicted octanol–water partition coefficient (Wildman–Crippen LogP) is 5.80. The van der Waals surface area contributed by atoms with Crippen LogP contribution in [-0.2, 0) is 16.6 Å². The van der Waals surface area contributed by atoms with Gasteiger partial charge in [-0.05, 0) is 62.9 Å². The van der Waals surface area contributed by atoms with Gasteiger partial charge in [-0.1, -0.05) is 38.5 Å². The first-order valence-electron chi connectivity index (χ1n) is 14.6. The minimum atomic E-state index is -1.04. The van der Waals surface area contributed by atoms with Gasteiger partial charge in [0.25, 0.3) is 0 Å². The quantitative estimate of drug-likeness (QED) is 0.145. The number of para-hydroxylation sites is 1. The van der Waals surface area contributed by atoms with Crippen LogP contribution in [0.2, 0.25) is 0 Å². The number of aromatic amines is 1.